The maximum atomic E-state index is 3.65. The summed E-state index contributed by atoms with van der Waals surface area (Å²) in [6.45, 7) is 10.7. The molecule has 19 heavy (non-hydrogen) atoms. The molecule has 106 valence electrons. The second-order valence-electron chi connectivity index (χ2n) is 6.01. The minimum absolute atomic E-state index is 0.625. The standard InChI is InChI=1S/C17H28N2/c1-15(2)17(16-8-4-3-5-9-16)14-18-10-13-19-11-6-7-12-19/h3-5,8-9,15,17-18H,6-7,10-14H2,1-2H3. The van der Waals surface area contributed by atoms with Gasteiger partial charge in [0.25, 0.3) is 0 Å². The molecular weight excluding hydrogens is 232 g/mol. The Labute approximate surface area is 118 Å². The molecule has 0 saturated carbocycles. The van der Waals surface area contributed by atoms with E-state index in [2.05, 4.69) is 54.4 Å². The number of hydrogen-bond acceptors (Lipinski definition) is 2. The Kier molecular flexibility index (Phi) is 5.87. The molecule has 1 saturated heterocycles. The van der Waals surface area contributed by atoms with Crippen LogP contribution in [0.1, 0.15) is 38.2 Å². The first-order valence-electron chi connectivity index (χ1n) is 7.75. The van der Waals surface area contributed by atoms with E-state index in [0.717, 1.165) is 13.1 Å². The Morgan fingerprint density at radius 1 is 1.11 bits per heavy atom. The number of benzene rings is 1. The highest BCUT2D eigenvalue weighted by Crippen LogP contribution is 2.23. The lowest BCUT2D eigenvalue weighted by Crippen LogP contribution is -2.33. The molecule has 1 aromatic rings. The molecule has 0 bridgehead atoms. The smallest absolute Gasteiger partial charge is 0.0107 e. The lowest BCUT2D eigenvalue weighted by molar-refractivity contribution is 0.330. The van der Waals surface area contributed by atoms with Gasteiger partial charge in [-0.1, -0.05) is 44.2 Å². The van der Waals surface area contributed by atoms with Gasteiger partial charge in [0.05, 0.1) is 0 Å². The van der Waals surface area contributed by atoms with Gasteiger partial charge in [0.1, 0.15) is 0 Å². The van der Waals surface area contributed by atoms with Crippen molar-refractivity contribution >= 4 is 0 Å². The van der Waals surface area contributed by atoms with Crippen LogP contribution in [0.3, 0.4) is 0 Å². The molecule has 0 amide bonds. The minimum atomic E-state index is 0.625. The van der Waals surface area contributed by atoms with Gasteiger partial charge in [-0.3, -0.25) is 0 Å². The highest BCUT2D eigenvalue weighted by atomic mass is 15.1. The van der Waals surface area contributed by atoms with Crippen molar-refractivity contribution in [2.24, 2.45) is 5.92 Å². The summed E-state index contributed by atoms with van der Waals surface area (Å²) in [7, 11) is 0. The largest absolute Gasteiger partial charge is 0.315 e. The van der Waals surface area contributed by atoms with Crippen LogP contribution < -0.4 is 5.32 Å². The van der Waals surface area contributed by atoms with E-state index in [0.29, 0.717) is 11.8 Å². The molecule has 0 aromatic heterocycles. The molecule has 1 aliphatic rings. The zero-order valence-corrected chi connectivity index (χ0v) is 12.4. The molecule has 2 heteroatoms. The molecule has 1 aromatic carbocycles. The second kappa shape index (κ2) is 7.66. The van der Waals surface area contributed by atoms with E-state index in [1.54, 1.807) is 0 Å². The molecule has 1 heterocycles. The van der Waals surface area contributed by atoms with Gasteiger partial charge in [-0.05, 0) is 43.3 Å². The topological polar surface area (TPSA) is 15.3 Å². The number of nitrogens with zero attached hydrogens (tertiary/aromatic N) is 1. The Hall–Kier alpha value is -0.860. The SMILES string of the molecule is CC(C)C(CNCCN1CCCC1)c1ccccc1. The number of nitrogens with one attached hydrogen (secondary N) is 1. The Bertz CT molecular complexity index is 342. The van der Waals surface area contributed by atoms with E-state index in [9.17, 15) is 0 Å². The molecule has 1 fully saturated rings. The lowest BCUT2D eigenvalue weighted by Gasteiger charge is -2.23. The normalized spacial score (nSPS) is 18.1. The third-order valence-electron chi connectivity index (χ3n) is 4.20. The molecule has 1 N–H and O–H groups in total. The molecule has 0 aliphatic carbocycles. The lowest BCUT2D eigenvalue weighted by atomic mass is 9.88. The van der Waals surface area contributed by atoms with Gasteiger partial charge in [-0.2, -0.15) is 0 Å². The van der Waals surface area contributed by atoms with Crippen molar-refractivity contribution in [2.45, 2.75) is 32.6 Å². The average Bonchev–Trinajstić information content (AvgIpc) is 2.92. The van der Waals surface area contributed by atoms with Crippen molar-refractivity contribution in [2.75, 3.05) is 32.7 Å². The monoisotopic (exact) mass is 260 g/mol. The fraction of sp³-hybridized carbons (Fsp3) is 0.647. The Morgan fingerprint density at radius 3 is 2.42 bits per heavy atom. The Morgan fingerprint density at radius 2 is 1.79 bits per heavy atom. The molecular formula is C17H28N2. The van der Waals surface area contributed by atoms with E-state index in [1.165, 1.54) is 38.0 Å². The van der Waals surface area contributed by atoms with Gasteiger partial charge in [-0.25, -0.2) is 0 Å². The second-order valence-corrected chi connectivity index (χ2v) is 6.01. The zero-order valence-electron chi connectivity index (χ0n) is 12.4. The van der Waals surface area contributed by atoms with Crippen molar-refractivity contribution in [3.05, 3.63) is 35.9 Å². The van der Waals surface area contributed by atoms with Crippen LogP contribution in [-0.4, -0.2) is 37.6 Å². The van der Waals surface area contributed by atoms with Crippen LogP contribution in [0.4, 0.5) is 0 Å². The van der Waals surface area contributed by atoms with Crippen LogP contribution in [0.5, 0.6) is 0 Å². The molecule has 2 nitrogen and oxygen atoms in total. The summed E-state index contributed by atoms with van der Waals surface area (Å²) in [5.74, 6) is 1.31. The van der Waals surface area contributed by atoms with Crippen molar-refractivity contribution < 1.29 is 0 Å². The van der Waals surface area contributed by atoms with Gasteiger partial charge in [0, 0.05) is 19.6 Å². The minimum Gasteiger partial charge on any atom is -0.315 e. The third-order valence-corrected chi connectivity index (χ3v) is 4.20. The predicted octanol–water partition coefficient (Wildman–Crippen LogP) is 3.11. The summed E-state index contributed by atoms with van der Waals surface area (Å²) >= 11 is 0. The molecule has 1 atom stereocenters. The molecule has 0 radical (unpaired) electrons. The summed E-state index contributed by atoms with van der Waals surface area (Å²) in [6, 6.07) is 10.9. The average molecular weight is 260 g/mol. The number of rotatable bonds is 7. The van der Waals surface area contributed by atoms with Crippen LogP contribution in [0, 0.1) is 5.92 Å². The van der Waals surface area contributed by atoms with E-state index < -0.39 is 0 Å². The van der Waals surface area contributed by atoms with Gasteiger partial charge >= 0.3 is 0 Å². The van der Waals surface area contributed by atoms with Crippen molar-refractivity contribution in [1.29, 1.82) is 0 Å². The molecule has 2 rings (SSSR count). The summed E-state index contributed by atoms with van der Waals surface area (Å²) in [6.07, 6.45) is 2.78. The third kappa shape index (κ3) is 4.63. The summed E-state index contributed by atoms with van der Waals surface area (Å²) < 4.78 is 0. The van der Waals surface area contributed by atoms with E-state index >= 15 is 0 Å². The molecule has 1 aliphatic heterocycles. The highest BCUT2D eigenvalue weighted by Gasteiger charge is 2.15. The van der Waals surface area contributed by atoms with Crippen LogP contribution in [0.2, 0.25) is 0 Å². The van der Waals surface area contributed by atoms with Crippen LogP contribution in [-0.2, 0) is 0 Å². The maximum absolute atomic E-state index is 3.65. The summed E-state index contributed by atoms with van der Waals surface area (Å²) in [4.78, 5) is 2.57. The number of hydrogen-bond donors (Lipinski definition) is 1. The number of likely N-dealkylation sites (tertiary alicyclic amines) is 1. The fourth-order valence-corrected chi connectivity index (χ4v) is 2.94. The highest BCUT2D eigenvalue weighted by molar-refractivity contribution is 5.20. The van der Waals surface area contributed by atoms with E-state index in [-0.39, 0.29) is 0 Å². The maximum Gasteiger partial charge on any atom is 0.0107 e. The van der Waals surface area contributed by atoms with Crippen molar-refractivity contribution in [1.82, 2.24) is 10.2 Å². The van der Waals surface area contributed by atoms with Gasteiger partial charge in [-0.15, -0.1) is 0 Å². The van der Waals surface area contributed by atoms with Crippen molar-refractivity contribution in [3.63, 3.8) is 0 Å². The van der Waals surface area contributed by atoms with E-state index in [1.807, 2.05) is 0 Å². The van der Waals surface area contributed by atoms with Crippen LogP contribution >= 0.6 is 0 Å². The first-order chi connectivity index (χ1) is 9.27. The van der Waals surface area contributed by atoms with E-state index in [4.69, 9.17) is 0 Å². The first kappa shape index (κ1) is 14.5. The fourth-order valence-electron chi connectivity index (χ4n) is 2.94. The summed E-state index contributed by atoms with van der Waals surface area (Å²) in [5, 5.41) is 3.65. The summed E-state index contributed by atoms with van der Waals surface area (Å²) in [5.41, 5.74) is 1.46. The van der Waals surface area contributed by atoms with Crippen molar-refractivity contribution in [3.8, 4) is 0 Å². The van der Waals surface area contributed by atoms with Gasteiger partial charge in [0.15, 0.2) is 0 Å². The quantitative estimate of drug-likeness (QED) is 0.758. The zero-order chi connectivity index (χ0) is 13.5. The first-order valence-corrected chi connectivity index (χ1v) is 7.75. The van der Waals surface area contributed by atoms with Gasteiger partial charge < -0.3 is 10.2 Å². The molecule has 0 spiro atoms. The van der Waals surface area contributed by atoms with Crippen LogP contribution in [0.25, 0.3) is 0 Å². The van der Waals surface area contributed by atoms with Crippen LogP contribution in [0.15, 0.2) is 30.3 Å². The van der Waals surface area contributed by atoms with Gasteiger partial charge in [0.2, 0.25) is 0 Å². The molecule has 1 unspecified atom stereocenters. The predicted molar refractivity (Wildman–Crippen MR) is 82.6 cm³/mol. The Balaban J connectivity index is 1.74.